The van der Waals surface area contributed by atoms with Crippen LogP contribution in [0.15, 0.2) is 24.4 Å². The second-order valence-electron chi connectivity index (χ2n) is 5.00. The Morgan fingerprint density at radius 1 is 1.45 bits per heavy atom. The highest BCUT2D eigenvalue weighted by Crippen LogP contribution is 2.12. The number of anilines is 1. The molecule has 2 heterocycles. The zero-order valence-corrected chi connectivity index (χ0v) is 11.6. The van der Waals surface area contributed by atoms with Crippen LogP contribution in [0.4, 0.5) is 10.7 Å². The highest BCUT2D eigenvalue weighted by Gasteiger charge is 2.25. The molecular formula is C13H19N5O2. The number of rotatable bonds is 5. The van der Waals surface area contributed by atoms with Crippen molar-refractivity contribution >= 4 is 17.6 Å². The first-order valence-corrected chi connectivity index (χ1v) is 6.58. The first-order valence-electron chi connectivity index (χ1n) is 6.58. The highest BCUT2D eigenvalue weighted by molar-refractivity contribution is 5.88. The number of carbonyl (C=O) groups is 1. The van der Waals surface area contributed by atoms with Crippen molar-refractivity contribution in [3.05, 3.63) is 24.4 Å². The predicted molar refractivity (Wildman–Crippen MR) is 75.5 cm³/mol. The molecule has 0 spiro atoms. The predicted octanol–water partition coefficient (Wildman–Crippen LogP) is 1.40. The molecule has 2 aromatic heterocycles. The summed E-state index contributed by atoms with van der Waals surface area (Å²) in [6, 6.07) is 5.06. The lowest BCUT2D eigenvalue weighted by Crippen LogP contribution is -2.50. The fourth-order valence-corrected chi connectivity index (χ4v) is 2.07. The minimum Gasteiger partial charge on any atom is -0.394 e. The molecule has 3 N–H and O–H groups in total. The van der Waals surface area contributed by atoms with Crippen LogP contribution in [0.2, 0.25) is 0 Å². The summed E-state index contributed by atoms with van der Waals surface area (Å²) in [5.74, 6) is 0.342. The van der Waals surface area contributed by atoms with Crippen LogP contribution in [0.5, 0.6) is 0 Å². The quantitative estimate of drug-likeness (QED) is 0.770. The largest absolute Gasteiger partial charge is 0.394 e. The number of nitrogens with zero attached hydrogens (tertiary/aromatic N) is 3. The molecule has 0 radical (unpaired) electrons. The Bertz CT molecular complexity index is 597. The lowest BCUT2D eigenvalue weighted by molar-refractivity contribution is 0.167. The van der Waals surface area contributed by atoms with Crippen LogP contribution < -0.4 is 10.6 Å². The van der Waals surface area contributed by atoms with E-state index in [0.717, 1.165) is 6.42 Å². The lowest BCUT2D eigenvalue weighted by atomic mass is 9.98. The van der Waals surface area contributed by atoms with Gasteiger partial charge in [0.15, 0.2) is 5.65 Å². The van der Waals surface area contributed by atoms with Gasteiger partial charge in [-0.1, -0.05) is 19.4 Å². The molecule has 2 aromatic rings. The second kappa shape index (κ2) is 5.87. The van der Waals surface area contributed by atoms with Gasteiger partial charge in [-0.25, -0.2) is 4.79 Å². The van der Waals surface area contributed by atoms with Crippen molar-refractivity contribution in [3.8, 4) is 0 Å². The molecule has 0 aromatic carbocycles. The third-order valence-electron chi connectivity index (χ3n) is 3.11. The average molecular weight is 277 g/mol. The van der Waals surface area contributed by atoms with Crippen LogP contribution in [0.25, 0.3) is 5.65 Å². The van der Waals surface area contributed by atoms with Gasteiger partial charge >= 0.3 is 6.03 Å². The minimum absolute atomic E-state index is 0.116. The highest BCUT2D eigenvalue weighted by atomic mass is 16.3. The normalized spacial score (nSPS) is 13.9. The van der Waals surface area contributed by atoms with Gasteiger partial charge in [0.25, 0.3) is 0 Å². The maximum atomic E-state index is 12.0. The summed E-state index contributed by atoms with van der Waals surface area (Å²) in [5.41, 5.74) is 0.0144. The SMILES string of the molecule is CCCC(C)(CO)NC(=O)Nc1nnc2ccccn12. The van der Waals surface area contributed by atoms with Crippen LogP contribution in [-0.4, -0.2) is 37.9 Å². The Kier molecular flexibility index (Phi) is 4.19. The molecule has 1 atom stereocenters. The number of urea groups is 1. The molecule has 0 saturated carbocycles. The topological polar surface area (TPSA) is 91.5 Å². The van der Waals surface area contributed by atoms with Crippen molar-refractivity contribution in [2.24, 2.45) is 0 Å². The molecule has 20 heavy (non-hydrogen) atoms. The van der Waals surface area contributed by atoms with Gasteiger partial charge in [-0.15, -0.1) is 10.2 Å². The fourth-order valence-electron chi connectivity index (χ4n) is 2.07. The van der Waals surface area contributed by atoms with E-state index in [2.05, 4.69) is 20.8 Å². The Morgan fingerprint density at radius 3 is 2.95 bits per heavy atom. The van der Waals surface area contributed by atoms with Crippen molar-refractivity contribution in [1.29, 1.82) is 0 Å². The molecule has 0 fully saturated rings. The number of pyridine rings is 1. The minimum atomic E-state index is -0.640. The second-order valence-corrected chi connectivity index (χ2v) is 5.00. The molecule has 0 saturated heterocycles. The van der Waals surface area contributed by atoms with Gasteiger partial charge < -0.3 is 10.4 Å². The van der Waals surface area contributed by atoms with Crippen molar-refractivity contribution in [2.75, 3.05) is 11.9 Å². The summed E-state index contributed by atoms with van der Waals surface area (Å²) in [4.78, 5) is 12.0. The molecule has 0 aliphatic rings. The number of fused-ring (bicyclic) bond motifs is 1. The van der Waals surface area contributed by atoms with E-state index in [9.17, 15) is 9.90 Å². The summed E-state index contributed by atoms with van der Waals surface area (Å²) in [6.07, 6.45) is 3.32. The Hall–Kier alpha value is -2.15. The molecule has 7 heteroatoms. The van der Waals surface area contributed by atoms with Crippen LogP contribution in [-0.2, 0) is 0 Å². The van der Waals surface area contributed by atoms with Crippen molar-refractivity contribution in [2.45, 2.75) is 32.2 Å². The summed E-state index contributed by atoms with van der Waals surface area (Å²) in [5, 5.41) is 22.7. The summed E-state index contributed by atoms with van der Waals surface area (Å²) < 4.78 is 1.68. The molecule has 0 aliphatic carbocycles. The van der Waals surface area contributed by atoms with Crippen molar-refractivity contribution in [3.63, 3.8) is 0 Å². The third kappa shape index (κ3) is 3.05. The van der Waals surface area contributed by atoms with Crippen LogP contribution in [0.1, 0.15) is 26.7 Å². The van der Waals surface area contributed by atoms with Crippen LogP contribution in [0.3, 0.4) is 0 Å². The molecule has 1 unspecified atom stereocenters. The number of aliphatic hydroxyl groups excluding tert-OH is 1. The van der Waals surface area contributed by atoms with E-state index in [1.165, 1.54) is 0 Å². The monoisotopic (exact) mass is 277 g/mol. The maximum absolute atomic E-state index is 12.0. The number of hydrogen-bond acceptors (Lipinski definition) is 4. The van der Waals surface area contributed by atoms with Gasteiger partial charge in [0.05, 0.1) is 12.1 Å². The van der Waals surface area contributed by atoms with E-state index < -0.39 is 11.6 Å². The van der Waals surface area contributed by atoms with E-state index in [0.29, 0.717) is 18.0 Å². The van der Waals surface area contributed by atoms with Crippen LogP contribution in [0, 0.1) is 0 Å². The van der Waals surface area contributed by atoms with Crippen molar-refractivity contribution < 1.29 is 9.90 Å². The van der Waals surface area contributed by atoms with Gasteiger partial charge in [0, 0.05) is 6.20 Å². The Labute approximate surface area is 117 Å². The smallest absolute Gasteiger partial charge is 0.322 e. The van der Waals surface area contributed by atoms with E-state index >= 15 is 0 Å². The van der Waals surface area contributed by atoms with E-state index in [1.54, 1.807) is 23.6 Å². The zero-order valence-electron chi connectivity index (χ0n) is 11.6. The van der Waals surface area contributed by atoms with Crippen LogP contribution >= 0.6 is 0 Å². The maximum Gasteiger partial charge on any atom is 0.322 e. The zero-order chi connectivity index (χ0) is 14.6. The number of nitrogens with one attached hydrogen (secondary N) is 2. The molecular weight excluding hydrogens is 258 g/mol. The molecule has 2 amide bonds. The number of carbonyl (C=O) groups excluding carboxylic acids is 1. The fraction of sp³-hybridized carbons (Fsp3) is 0.462. The molecule has 108 valence electrons. The summed E-state index contributed by atoms with van der Waals surface area (Å²) in [6.45, 7) is 3.69. The van der Waals surface area contributed by atoms with E-state index in [4.69, 9.17) is 0 Å². The number of hydrogen-bond donors (Lipinski definition) is 3. The van der Waals surface area contributed by atoms with Gasteiger partial charge in [-0.3, -0.25) is 9.72 Å². The first kappa shape index (κ1) is 14.3. The molecule has 0 bridgehead atoms. The van der Waals surface area contributed by atoms with Gasteiger partial charge in [0.1, 0.15) is 0 Å². The average Bonchev–Trinajstić information content (AvgIpc) is 2.82. The lowest BCUT2D eigenvalue weighted by Gasteiger charge is -2.28. The first-order chi connectivity index (χ1) is 9.58. The van der Waals surface area contributed by atoms with E-state index in [1.807, 2.05) is 19.1 Å². The number of amides is 2. The number of aliphatic hydroxyl groups is 1. The molecule has 2 rings (SSSR count). The van der Waals surface area contributed by atoms with Gasteiger partial charge in [-0.2, -0.15) is 0 Å². The van der Waals surface area contributed by atoms with E-state index in [-0.39, 0.29) is 6.61 Å². The van der Waals surface area contributed by atoms with Crippen molar-refractivity contribution in [1.82, 2.24) is 19.9 Å². The molecule has 7 nitrogen and oxygen atoms in total. The third-order valence-corrected chi connectivity index (χ3v) is 3.11. The summed E-state index contributed by atoms with van der Waals surface area (Å²) in [7, 11) is 0. The van der Waals surface area contributed by atoms with Gasteiger partial charge in [-0.05, 0) is 25.5 Å². The Morgan fingerprint density at radius 2 is 2.25 bits per heavy atom. The molecule has 0 aliphatic heterocycles. The Balaban J connectivity index is 2.08. The van der Waals surface area contributed by atoms with Gasteiger partial charge in [0.2, 0.25) is 5.95 Å². The standard InChI is InChI=1S/C13H19N5O2/c1-3-7-13(2,9-19)15-12(20)14-11-17-16-10-6-4-5-8-18(10)11/h4-6,8,19H,3,7,9H2,1-2H3,(H2,14,15,17,20). The number of aromatic nitrogens is 3. The summed E-state index contributed by atoms with van der Waals surface area (Å²) >= 11 is 0.